The summed E-state index contributed by atoms with van der Waals surface area (Å²) in [4.78, 5) is 13.9. The third kappa shape index (κ3) is 5.43. The highest BCUT2D eigenvalue weighted by Gasteiger charge is 2.46. The Morgan fingerprint density at radius 3 is 2.55 bits per heavy atom. The normalized spacial score (nSPS) is 20.5. The minimum Gasteiger partial charge on any atom is -0.465 e. The number of aliphatic hydroxyl groups is 2. The zero-order chi connectivity index (χ0) is 24.6. The molecule has 2 N–H and O–H groups in total. The minimum atomic E-state index is -1.84. The first-order valence-corrected chi connectivity index (χ1v) is 10.9. The molecule has 1 saturated heterocycles. The molecule has 1 aromatic carbocycles. The molecule has 1 aliphatic rings. The number of aliphatic hydroxyl groups excluding tert-OH is 1. The molecule has 0 spiro atoms. The van der Waals surface area contributed by atoms with E-state index in [-0.39, 0.29) is 35.8 Å². The van der Waals surface area contributed by atoms with E-state index in [0.717, 1.165) is 0 Å². The number of benzene rings is 1. The summed E-state index contributed by atoms with van der Waals surface area (Å²) in [6.45, 7) is 6.69. The maximum atomic E-state index is 14.5. The first kappa shape index (κ1) is 25.3. The number of nitrogens with zero attached hydrogens (tertiary/aromatic N) is 3. The molecule has 2 aromatic rings. The van der Waals surface area contributed by atoms with Gasteiger partial charge < -0.3 is 24.6 Å². The molecule has 1 aliphatic heterocycles. The first-order valence-electron chi connectivity index (χ1n) is 10.5. The van der Waals surface area contributed by atoms with Crippen molar-refractivity contribution in [2.75, 3.05) is 31.7 Å². The number of halogens is 2. The molecule has 0 amide bonds. The molecule has 2 atom stereocenters. The summed E-state index contributed by atoms with van der Waals surface area (Å²) in [5.74, 6) is -2.68. The van der Waals surface area contributed by atoms with Crippen molar-refractivity contribution in [2.24, 2.45) is 5.41 Å². The quantitative estimate of drug-likeness (QED) is 0.458. The number of esters is 1. The fourth-order valence-corrected chi connectivity index (χ4v) is 4.12. The molecule has 0 saturated carbocycles. The van der Waals surface area contributed by atoms with Gasteiger partial charge in [0.25, 0.3) is 0 Å². The van der Waals surface area contributed by atoms with Crippen LogP contribution in [0.5, 0.6) is 0 Å². The lowest BCUT2D eigenvalue weighted by Crippen LogP contribution is -2.44. The lowest BCUT2D eigenvalue weighted by atomic mass is 9.87. The summed E-state index contributed by atoms with van der Waals surface area (Å²) in [5, 5.41) is 29.9. The van der Waals surface area contributed by atoms with E-state index in [2.05, 4.69) is 10.2 Å². The fraction of sp³-hybridized carbons (Fsp3) is 0.522. The summed E-state index contributed by atoms with van der Waals surface area (Å²) >= 11 is 6.04. The second-order valence-electron chi connectivity index (χ2n) is 9.47. The van der Waals surface area contributed by atoms with E-state index in [1.54, 1.807) is 32.7 Å². The van der Waals surface area contributed by atoms with E-state index in [0.29, 0.717) is 11.4 Å². The number of hydrogen-bond acceptors (Lipinski definition) is 8. The molecule has 1 aromatic heterocycles. The van der Waals surface area contributed by atoms with Gasteiger partial charge in [0.05, 0.1) is 30.1 Å². The number of ether oxygens (including phenoxy) is 2. The number of carbonyl (C=O) groups is 1. The molecule has 8 nitrogen and oxygen atoms in total. The van der Waals surface area contributed by atoms with E-state index in [9.17, 15) is 19.4 Å². The van der Waals surface area contributed by atoms with Gasteiger partial charge in [0.2, 0.25) is 0 Å². The maximum Gasteiger partial charge on any atom is 0.316 e. The molecule has 0 aliphatic carbocycles. The smallest absolute Gasteiger partial charge is 0.316 e. The Balaban J connectivity index is 2.11. The monoisotopic (exact) mass is 481 g/mol. The van der Waals surface area contributed by atoms with Crippen molar-refractivity contribution in [3.8, 4) is 11.3 Å². The van der Waals surface area contributed by atoms with Crippen LogP contribution in [0.25, 0.3) is 11.3 Å². The van der Waals surface area contributed by atoms with Gasteiger partial charge in [-0.3, -0.25) is 4.79 Å². The lowest BCUT2D eigenvalue weighted by Gasteiger charge is -2.36. The first-order chi connectivity index (χ1) is 15.3. The van der Waals surface area contributed by atoms with Gasteiger partial charge in [-0.05, 0) is 52.0 Å². The highest BCUT2D eigenvalue weighted by Crippen LogP contribution is 2.38. The zero-order valence-electron chi connectivity index (χ0n) is 19.4. The Morgan fingerprint density at radius 1 is 1.27 bits per heavy atom. The van der Waals surface area contributed by atoms with Crippen LogP contribution in [0.1, 0.15) is 39.7 Å². The molecule has 10 heteroatoms. The van der Waals surface area contributed by atoms with E-state index >= 15 is 0 Å². The van der Waals surface area contributed by atoms with Crippen LogP contribution in [-0.4, -0.2) is 58.8 Å². The van der Waals surface area contributed by atoms with Gasteiger partial charge in [-0.2, -0.15) is 0 Å². The van der Waals surface area contributed by atoms with Gasteiger partial charge in [-0.1, -0.05) is 11.6 Å². The molecule has 33 heavy (non-hydrogen) atoms. The van der Waals surface area contributed by atoms with Gasteiger partial charge in [-0.25, -0.2) is 4.39 Å². The Hall–Kier alpha value is -2.33. The van der Waals surface area contributed by atoms with Gasteiger partial charge in [0.15, 0.2) is 11.6 Å². The third-order valence-electron chi connectivity index (χ3n) is 5.43. The minimum absolute atomic E-state index is 0.0699. The third-order valence-corrected chi connectivity index (χ3v) is 5.67. The van der Waals surface area contributed by atoms with Crippen molar-refractivity contribution in [3.05, 3.63) is 40.7 Å². The Morgan fingerprint density at radius 2 is 1.97 bits per heavy atom. The second kappa shape index (κ2) is 9.13. The molecule has 0 radical (unpaired) electrons. The van der Waals surface area contributed by atoms with Crippen molar-refractivity contribution < 1.29 is 28.9 Å². The predicted molar refractivity (Wildman–Crippen MR) is 121 cm³/mol. The van der Waals surface area contributed by atoms with Crippen LogP contribution in [-0.2, 0) is 20.1 Å². The summed E-state index contributed by atoms with van der Waals surface area (Å²) < 4.78 is 25.5. The lowest BCUT2D eigenvalue weighted by molar-refractivity contribution is -0.250. The van der Waals surface area contributed by atoms with Gasteiger partial charge in [-0.15, -0.1) is 10.2 Å². The number of cyclic esters (lactones) is 1. The van der Waals surface area contributed by atoms with Crippen molar-refractivity contribution >= 4 is 23.4 Å². The van der Waals surface area contributed by atoms with E-state index in [1.165, 1.54) is 31.2 Å². The number of aromatic nitrogens is 2. The summed E-state index contributed by atoms with van der Waals surface area (Å²) in [5.41, 5.74) is -1.38. The average molecular weight is 482 g/mol. The molecular weight excluding hydrogens is 453 g/mol. The van der Waals surface area contributed by atoms with Crippen molar-refractivity contribution in [3.63, 3.8) is 0 Å². The molecule has 2 heterocycles. The number of hydrogen-bond donors (Lipinski definition) is 2. The molecule has 3 rings (SSSR count). The van der Waals surface area contributed by atoms with E-state index in [1.807, 2.05) is 0 Å². The van der Waals surface area contributed by atoms with E-state index in [4.69, 9.17) is 21.1 Å². The van der Waals surface area contributed by atoms with Crippen LogP contribution in [0.4, 0.5) is 10.2 Å². The number of anilines is 1. The van der Waals surface area contributed by atoms with Gasteiger partial charge >= 0.3 is 5.97 Å². The SMILES string of the molecule is CN(CC1(CO)CCOC1=O)c1nnc(-c2cc(Cl)ccc2F)cc1C(C)(O)OC(C)(C)C. The Bertz CT molecular complexity index is 1040. The van der Waals surface area contributed by atoms with Crippen LogP contribution in [0.3, 0.4) is 0 Å². The van der Waals surface area contributed by atoms with Crippen molar-refractivity contribution in [1.82, 2.24) is 10.2 Å². The van der Waals surface area contributed by atoms with Crippen molar-refractivity contribution in [2.45, 2.75) is 45.5 Å². The van der Waals surface area contributed by atoms with Gasteiger partial charge in [0, 0.05) is 30.6 Å². The van der Waals surface area contributed by atoms with Crippen LogP contribution < -0.4 is 4.90 Å². The summed E-state index contributed by atoms with van der Waals surface area (Å²) in [6, 6.07) is 5.55. The second-order valence-corrected chi connectivity index (χ2v) is 9.91. The highest BCUT2D eigenvalue weighted by atomic mass is 35.5. The molecule has 2 unspecified atom stereocenters. The summed E-state index contributed by atoms with van der Waals surface area (Å²) in [6.07, 6.45) is 0.343. The molecular formula is C23H29ClFN3O5. The molecule has 0 bridgehead atoms. The van der Waals surface area contributed by atoms with Crippen LogP contribution in [0.2, 0.25) is 5.02 Å². The van der Waals surface area contributed by atoms with Crippen molar-refractivity contribution in [1.29, 1.82) is 0 Å². The summed E-state index contributed by atoms with van der Waals surface area (Å²) in [7, 11) is 1.66. The number of carbonyl (C=O) groups excluding carboxylic acids is 1. The molecule has 180 valence electrons. The fourth-order valence-electron chi connectivity index (χ4n) is 3.95. The largest absolute Gasteiger partial charge is 0.465 e. The van der Waals surface area contributed by atoms with Crippen LogP contribution >= 0.6 is 11.6 Å². The molecule has 1 fully saturated rings. The Kier molecular flexibility index (Phi) is 7.00. The van der Waals surface area contributed by atoms with Crippen LogP contribution in [0, 0.1) is 11.2 Å². The maximum absolute atomic E-state index is 14.5. The zero-order valence-corrected chi connectivity index (χ0v) is 20.1. The Labute approximate surface area is 197 Å². The highest BCUT2D eigenvalue weighted by molar-refractivity contribution is 6.30. The van der Waals surface area contributed by atoms with Gasteiger partial charge in [0.1, 0.15) is 11.2 Å². The van der Waals surface area contributed by atoms with Crippen LogP contribution in [0.15, 0.2) is 24.3 Å². The average Bonchev–Trinajstić information content (AvgIpc) is 3.08. The van der Waals surface area contributed by atoms with E-state index < -0.39 is 35.2 Å². The standard InChI is InChI=1S/C23H29ClFN3O5/c1-21(2,3)33-22(4,31)16-11-18(15-10-14(24)6-7-17(15)25)26-27-19(16)28(5)12-23(13-29)8-9-32-20(23)30/h6-7,10-11,29,31H,8-9,12-13H2,1-5H3. The predicted octanol–water partition coefficient (Wildman–Crippen LogP) is 3.28. The number of rotatable bonds is 7. The topological polar surface area (TPSA) is 105 Å².